The molecule has 0 N–H and O–H groups in total. The topological polar surface area (TPSA) is 38.7 Å². The Morgan fingerprint density at radius 1 is 1.08 bits per heavy atom. The maximum absolute atomic E-state index is 4.26. The SMILES string of the molecule is Ic1nncc(-c2ccccc2)n1. The average Bonchev–Trinajstić information content (AvgIpc) is 2.19. The summed E-state index contributed by atoms with van der Waals surface area (Å²) in [5.41, 5.74) is 1.93. The van der Waals surface area contributed by atoms with E-state index < -0.39 is 0 Å². The van der Waals surface area contributed by atoms with E-state index in [1.165, 1.54) is 0 Å². The van der Waals surface area contributed by atoms with Crippen molar-refractivity contribution in [3.63, 3.8) is 0 Å². The van der Waals surface area contributed by atoms with E-state index in [1.807, 2.05) is 52.9 Å². The Balaban J connectivity index is 2.48. The Labute approximate surface area is 89.4 Å². The van der Waals surface area contributed by atoms with Crippen molar-refractivity contribution in [1.29, 1.82) is 0 Å². The van der Waals surface area contributed by atoms with Crippen LogP contribution in [0.3, 0.4) is 0 Å². The molecule has 0 saturated heterocycles. The molecular weight excluding hydrogens is 277 g/mol. The summed E-state index contributed by atoms with van der Waals surface area (Å²) in [5.74, 6) is 0. The van der Waals surface area contributed by atoms with Crippen LogP contribution in [-0.2, 0) is 0 Å². The first-order chi connectivity index (χ1) is 6.36. The zero-order chi connectivity index (χ0) is 9.10. The van der Waals surface area contributed by atoms with Crippen molar-refractivity contribution in [1.82, 2.24) is 15.2 Å². The summed E-state index contributed by atoms with van der Waals surface area (Å²) in [6.45, 7) is 0. The smallest absolute Gasteiger partial charge is 0.212 e. The van der Waals surface area contributed by atoms with Gasteiger partial charge in [-0.15, -0.1) is 5.10 Å². The second kappa shape index (κ2) is 3.78. The fourth-order valence-electron chi connectivity index (χ4n) is 1.03. The van der Waals surface area contributed by atoms with Crippen LogP contribution in [0.1, 0.15) is 0 Å². The van der Waals surface area contributed by atoms with Gasteiger partial charge in [-0.3, -0.25) is 0 Å². The maximum Gasteiger partial charge on any atom is 0.212 e. The fraction of sp³-hybridized carbons (Fsp3) is 0. The number of benzene rings is 1. The van der Waals surface area contributed by atoms with Crippen molar-refractivity contribution in [2.45, 2.75) is 0 Å². The van der Waals surface area contributed by atoms with Crippen molar-refractivity contribution in [2.24, 2.45) is 0 Å². The molecule has 1 heterocycles. The van der Waals surface area contributed by atoms with Gasteiger partial charge in [0.1, 0.15) is 0 Å². The van der Waals surface area contributed by atoms with Gasteiger partial charge in [0.2, 0.25) is 3.83 Å². The lowest BCUT2D eigenvalue weighted by Gasteiger charge is -1.97. The van der Waals surface area contributed by atoms with Crippen LogP contribution in [0.15, 0.2) is 36.5 Å². The van der Waals surface area contributed by atoms with Gasteiger partial charge in [-0.25, -0.2) is 4.98 Å². The summed E-state index contributed by atoms with van der Waals surface area (Å²) in [6.07, 6.45) is 1.66. The largest absolute Gasteiger partial charge is 0.220 e. The molecule has 0 fully saturated rings. The molecule has 0 unspecified atom stereocenters. The highest BCUT2D eigenvalue weighted by atomic mass is 127. The number of hydrogen-bond donors (Lipinski definition) is 0. The predicted molar refractivity (Wildman–Crippen MR) is 58.0 cm³/mol. The minimum Gasteiger partial charge on any atom is -0.220 e. The predicted octanol–water partition coefficient (Wildman–Crippen LogP) is 2.14. The highest BCUT2D eigenvalue weighted by Gasteiger charge is 1.99. The molecule has 1 aromatic carbocycles. The Bertz CT molecular complexity index is 403. The summed E-state index contributed by atoms with van der Waals surface area (Å²) in [6, 6.07) is 9.93. The first-order valence-corrected chi connectivity index (χ1v) is 4.85. The molecule has 64 valence electrons. The van der Waals surface area contributed by atoms with Gasteiger partial charge in [-0.1, -0.05) is 30.3 Å². The first-order valence-electron chi connectivity index (χ1n) is 3.77. The second-order valence-electron chi connectivity index (χ2n) is 2.48. The lowest BCUT2D eigenvalue weighted by Crippen LogP contribution is -1.92. The van der Waals surface area contributed by atoms with Gasteiger partial charge in [0, 0.05) is 28.2 Å². The fourth-order valence-corrected chi connectivity index (χ4v) is 1.41. The van der Waals surface area contributed by atoms with Gasteiger partial charge in [-0.2, -0.15) is 5.10 Å². The van der Waals surface area contributed by atoms with E-state index in [0.717, 1.165) is 11.3 Å². The van der Waals surface area contributed by atoms with E-state index in [2.05, 4.69) is 15.2 Å². The third-order valence-electron chi connectivity index (χ3n) is 1.60. The second-order valence-corrected chi connectivity index (χ2v) is 3.44. The van der Waals surface area contributed by atoms with Crippen molar-refractivity contribution >= 4 is 22.6 Å². The summed E-state index contributed by atoms with van der Waals surface area (Å²) in [5, 5.41) is 7.63. The summed E-state index contributed by atoms with van der Waals surface area (Å²) >= 11 is 2.05. The van der Waals surface area contributed by atoms with Gasteiger partial charge in [0.25, 0.3) is 0 Å². The van der Waals surface area contributed by atoms with Crippen LogP contribution in [0, 0.1) is 3.83 Å². The summed E-state index contributed by atoms with van der Waals surface area (Å²) in [4.78, 5) is 4.26. The van der Waals surface area contributed by atoms with Gasteiger partial charge in [0.15, 0.2) is 0 Å². The Morgan fingerprint density at radius 2 is 1.85 bits per heavy atom. The Hall–Kier alpha value is -1.04. The van der Waals surface area contributed by atoms with Crippen molar-refractivity contribution in [3.05, 3.63) is 40.4 Å². The quantitative estimate of drug-likeness (QED) is 0.753. The van der Waals surface area contributed by atoms with Crippen molar-refractivity contribution in [2.75, 3.05) is 0 Å². The number of nitrogens with zero attached hydrogens (tertiary/aromatic N) is 3. The summed E-state index contributed by atoms with van der Waals surface area (Å²) < 4.78 is 0.666. The molecule has 0 bridgehead atoms. The molecule has 0 aliphatic heterocycles. The molecule has 3 nitrogen and oxygen atoms in total. The number of rotatable bonds is 1. The normalized spacial score (nSPS) is 9.92. The molecule has 0 amide bonds. The zero-order valence-electron chi connectivity index (χ0n) is 6.68. The van der Waals surface area contributed by atoms with E-state index in [9.17, 15) is 0 Å². The van der Waals surface area contributed by atoms with E-state index in [1.54, 1.807) is 6.20 Å². The molecule has 0 spiro atoms. The van der Waals surface area contributed by atoms with Gasteiger partial charge in [-0.05, 0) is 0 Å². The minimum atomic E-state index is 0.666. The number of halogens is 1. The van der Waals surface area contributed by atoms with Gasteiger partial charge >= 0.3 is 0 Å². The molecule has 4 heteroatoms. The van der Waals surface area contributed by atoms with E-state index >= 15 is 0 Å². The van der Waals surface area contributed by atoms with E-state index in [-0.39, 0.29) is 0 Å². The Morgan fingerprint density at radius 3 is 2.54 bits per heavy atom. The third-order valence-corrected chi connectivity index (χ3v) is 2.06. The van der Waals surface area contributed by atoms with E-state index in [4.69, 9.17) is 0 Å². The highest BCUT2D eigenvalue weighted by Crippen LogP contribution is 2.14. The van der Waals surface area contributed by atoms with Crippen LogP contribution in [0.2, 0.25) is 0 Å². The zero-order valence-corrected chi connectivity index (χ0v) is 8.84. The molecule has 13 heavy (non-hydrogen) atoms. The summed E-state index contributed by atoms with van der Waals surface area (Å²) in [7, 11) is 0. The van der Waals surface area contributed by atoms with E-state index in [0.29, 0.717) is 3.83 Å². The van der Waals surface area contributed by atoms with Crippen LogP contribution >= 0.6 is 22.6 Å². The molecular formula is C9H6IN3. The third kappa shape index (κ3) is 2.00. The van der Waals surface area contributed by atoms with Crippen molar-refractivity contribution < 1.29 is 0 Å². The van der Waals surface area contributed by atoms with Crippen LogP contribution in [0.25, 0.3) is 11.3 Å². The molecule has 0 aliphatic carbocycles. The molecule has 1 aromatic heterocycles. The van der Waals surface area contributed by atoms with Crippen LogP contribution in [0.4, 0.5) is 0 Å². The molecule has 2 aromatic rings. The average molecular weight is 283 g/mol. The monoisotopic (exact) mass is 283 g/mol. The first kappa shape index (κ1) is 8.55. The molecule has 2 rings (SSSR count). The van der Waals surface area contributed by atoms with Crippen LogP contribution < -0.4 is 0 Å². The molecule has 0 aliphatic rings. The number of hydrogen-bond acceptors (Lipinski definition) is 3. The van der Waals surface area contributed by atoms with Gasteiger partial charge < -0.3 is 0 Å². The lowest BCUT2D eigenvalue weighted by atomic mass is 10.2. The Kier molecular flexibility index (Phi) is 2.49. The lowest BCUT2D eigenvalue weighted by molar-refractivity contribution is 0.936. The molecule has 0 atom stereocenters. The molecule has 0 radical (unpaired) electrons. The molecule has 0 saturated carbocycles. The van der Waals surface area contributed by atoms with Crippen LogP contribution in [0.5, 0.6) is 0 Å². The highest BCUT2D eigenvalue weighted by molar-refractivity contribution is 14.1. The minimum absolute atomic E-state index is 0.666. The standard InChI is InChI=1S/C9H6IN3/c10-9-12-8(6-11-13-9)7-4-2-1-3-5-7/h1-6H. The maximum atomic E-state index is 4.26. The van der Waals surface area contributed by atoms with Crippen molar-refractivity contribution in [3.8, 4) is 11.3 Å². The van der Waals surface area contributed by atoms with Gasteiger partial charge in [0.05, 0.1) is 11.9 Å². The van der Waals surface area contributed by atoms with Crippen LogP contribution in [-0.4, -0.2) is 15.2 Å². The number of aromatic nitrogens is 3.